The van der Waals surface area contributed by atoms with Gasteiger partial charge in [0.25, 0.3) is 0 Å². The predicted octanol–water partition coefficient (Wildman–Crippen LogP) is 3.59. The minimum atomic E-state index is -0.388. The quantitative estimate of drug-likeness (QED) is 0.742. The molecule has 1 atom stereocenters. The number of halogens is 1. The third-order valence-corrected chi connectivity index (χ3v) is 4.94. The molecule has 148 valence electrons. The summed E-state index contributed by atoms with van der Waals surface area (Å²) >= 11 is 0. The van der Waals surface area contributed by atoms with Gasteiger partial charge in [-0.3, -0.25) is 0 Å². The molecule has 0 radical (unpaired) electrons. The van der Waals surface area contributed by atoms with Crippen LogP contribution in [-0.2, 0) is 0 Å². The average Bonchev–Trinajstić information content (AvgIpc) is 3.02. The summed E-state index contributed by atoms with van der Waals surface area (Å²) < 4.78 is 26.7. The third-order valence-electron chi connectivity index (χ3n) is 4.94. The van der Waals surface area contributed by atoms with Crippen molar-refractivity contribution in [3.63, 3.8) is 0 Å². The summed E-state index contributed by atoms with van der Waals surface area (Å²) in [6.45, 7) is 4.76. The zero-order valence-electron chi connectivity index (χ0n) is 16.2. The van der Waals surface area contributed by atoms with Gasteiger partial charge < -0.3 is 25.4 Å². The summed E-state index contributed by atoms with van der Waals surface area (Å²) in [5.74, 6) is 1.57. The van der Waals surface area contributed by atoms with Crippen molar-refractivity contribution >= 4 is 23.0 Å². The summed E-state index contributed by atoms with van der Waals surface area (Å²) in [4.78, 5) is 8.71. The zero-order valence-corrected chi connectivity index (χ0v) is 16.2. The molecule has 0 aliphatic carbocycles. The number of ether oxygens (including phenoxy) is 2. The average molecular weight is 385 g/mol. The van der Waals surface area contributed by atoms with Crippen LogP contribution >= 0.6 is 0 Å². The van der Waals surface area contributed by atoms with Gasteiger partial charge >= 0.3 is 0 Å². The van der Waals surface area contributed by atoms with Crippen molar-refractivity contribution in [1.82, 2.24) is 15.3 Å². The monoisotopic (exact) mass is 385 g/mol. The highest BCUT2D eigenvalue weighted by Gasteiger charge is 2.28. The van der Waals surface area contributed by atoms with Crippen LogP contribution in [-0.4, -0.2) is 36.4 Å². The lowest BCUT2D eigenvalue weighted by Gasteiger charge is -2.15. The fourth-order valence-electron chi connectivity index (χ4n) is 3.46. The van der Waals surface area contributed by atoms with Gasteiger partial charge in [0, 0.05) is 37.5 Å². The van der Waals surface area contributed by atoms with Gasteiger partial charge in [0.1, 0.15) is 5.82 Å². The van der Waals surface area contributed by atoms with Crippen molar-refractivity contribution < 1.29 is 13.9 Å². The van der Waals surface area contributed by atoms with Gasteiger partial charge in [-0.25, -0.2) is 9.37 Å². The highest BCUT2D eigenvalue weighted by atomic mass is 19.1. The Morgan fingerprint density at radius 3 is 2.93 bits per heavy atom. The predicted molar refractivity (Wildman–Crippen MR) is 107 cm³/mol. The Labute approximate surface area is 163 Å². The molecule has 1 aromatic heterocycles. The van der Waals surface area contributed by atoms with Crippen LogP contribution in [0.4, 0.5) is 21.8 Å². The van der Waals surface area contributed by atoms with Crippen molar-refractivity contribution in [2.75, 3.05) is 31.0 Å². The Morgan fingerprint density at radius 2 is 2.11 bits per heavy atom. The Bertz CT molecular complexity index is 931. The summed E-state index contributed by atoms with van der Waals surface area (Å²) in [6, 6.07) is 3.80. The molecule has 7 nitrogen and oxygen atoms in total. The molecule has 2 aliphatic rings. The molecule has 1 aromatic carbocycles. The standard InChI is InChI=1S/C20H24FN5O2/c1-11-4-5-13(6-7-23-11)17-18(21)14(9-15-19(17)28-10-27-15)25-20-24-12(2)8-16(22-3)26-20/h6,8-9,11,23H,4-5,7,10H2,1-3H3,(H2,22,24,25,26)/t11-/m1/s1. The molecule has 0 saturated carbocycles. The molecule has 0 amide bonds. The van der Waals surface area contributed by atoms with Crippen LogP contribution in [0, 0.1) is 12.7 Å². The number of allylic oxidation sites excluding steroid dienone is 1. The maximum absolute atomic E-state index is 15.6. The highest BCUT2D eigenvalue weighted by molar-refractivity contribution is 5.79. The zero-order chi connectivity index (χ0) is 19.7. The number of hydrogen-bond donors (Lipinski definition) is 3. The molecule has 0 unspecified atom stereocenters. The molecule has 0 saturated heterocycles. The van der Waals surface area contributed by atoms with E-state index in [1.807, 2.05) is 19.1 Å². The van der Waals surface area contributed by atoms with Gasteiger partial charge in [0.15, 0.2) is 17.3 Å². The van der Waals surface area contributed by atoms with Gasteiger partial charge in [-0.2, -0.15) is 4.98 Å². The molecule has 0 spiro atoms. The largest absolute Gasteiger partial charge is 0.453 e. The first-order valence-corrected chi connectivity index (χ1v) is 9.40. The SMILES string of the molecule is CNc1cc(C)nc(Nc2cc3c(c(C4=CCN[C@H](C)CC4)c2F)OCO3)n1. The number of rotatable bonds is 4. The van der Waals surface area contributed by atoms with Gasteiger partial charge in [-0.05, 0) is 32.3 Å². The second kappa shape index (κ2) is 7.63. The number of anilines is 3. The van der Waals surface area contributed by atoms with Crippen molar-refractivity contribution in [3.05, 3.63) is 35.3 Å². The van der Waals surface area contributed by atoms with Crippen molar-refractivity contribution in [2.24, 2.45) is 0 Å². The van der Waals surface area contributed by atoms with E-state index in [4.69, 9.17) is 9.47 Å². The molecule has 2 aliphatic heterocycles. The number of aryl methyl sites for hydroxylation is 1. The van der Waals surface area contributed by atoms with Gasteiger partial charge in [-0.15, -0.1) is 0 Å². The lowest BCUT2D eigenvalue weighted by Crippen LogP contribution is -2.24. The summed E-state index contributed by atoms with van der Waals surface area (Å²) in [7, 11) is 1.78. The van der Waals surface area contributed by atoms with E-state index < -0.39 is 0 Å². The molecule has 0 fully saturated rings. The Kier molecular flexibility index (Phi) is 5.04. The number of hydrogen-bond acceptors (Lipinski definition) is 7. The summed E-state index contributed by atoms with van der Waals surface area (Å²) in [6.07, 6.45) is 3.70. The first-order valence-electron chi connectivity index (χ1n) is 9.40. The number of fused-ring (bicyclic) bond motifs is 1. The molecule has 4 rings (SSSR count). The van der Waals surface area contributed by atoms with Crippen LogP contribution in [0.2, 0.25) is 0 Å². The van der Waals surface area contributed by atoms with Gasteiger partial charge in [0.05, 0.1) is 11.3 Å². The fraction of sp³-hybridized carbons (Fsp3) is 0.400. The van der Waals surface area contributed by atoms with E-state index >= 15 is 4.39 Å². The normalized spacial score (nSPS) is 18.4. The lowest BCUT2D eigenvalue weighted by molar-refractivity contribution is 0.173. The first-order chi connectivity index (χ1) is 13.5. The highest BCUT2D eigenvalue weighted by Crippen LogP contribution is 2.45. The maximum Gasteiger partial charge on any atom is 0.231 e. The maximum atomic E-state index is 15.6. The van der Waals surface area contributed by atoms with Crippen LogP contribution in [0.3, 0.4) is 0 Å². The molecule has 8 heteroatoms. The van der Waals surface area contributed by atoms with Crippen LogP contribution in [0.15, 0.2) is 18.2 Å². The van der Waals surface area contributed by atoms with E-state index in [2.05, 4.69) is 32.8 Å². The van der Waals surface area contributed by atoms with Crippen molar-refractivity contribution in [2.45, 2.75) is 32.7 Å². The smallest absolute Gasteiger partial charge is 0.231 e. The van der Waals surface area contributed by atoms with E-state index in [-0.39, 0.29) is 18.3 Å². The van der Waals surface area contributed by atoms with Crippen LogP contribution in [0.1, 0.15) is 31.0 Å². The van der Waals surface area contributed by atoms with Crippen LogP contribution < -0.4 is 25.4 Å². The number of nitrogens with zero attached hydrogens (tertiary/aromatic N) is 2. The molecular weight excluding hydrogens is 361 g/mol. The van der Waals surface area contributed by atoms with Gasteiger partial charge in [0.2, 0.25) is 12.7 Å². The van der Waals surface area contributed by atoms with Crippen molar-refractivity contribution in [3.8, 4) is 11.5 Å². The van der Waals surface area contributed by atoms with Crippen LogP contribution in [0.5, 0.6) is 11.5 Å². The van der Waals surface area contributed by atoms with E-state index in [0.29, 0.717) is 41.4 Å². The topological polar surface area (TPSA) is 80.3 Å². The van der Waals surface area contributed by atoms with E-state index in [1.165, 1.54) is 0 Å². The molecule has 3 N–H and O–H groups in total. The molecular formula is C20H24FN5O2. The van der Waals surface area contributed by atoms with Crippen LogP contribution in [0.25, 0.3) is 5.57 Å². The minimum Gasteiger partial charge on any atom is -0.453 e. The lowest BCUT2D eigenvalue weighted by atomic mass is 9.97. The molecule has 2 aromatic rings. The van der Waals surface area contributed by atoms with Crippen molar-refractivity contribution in [1.29, 1.82) is 0 Å². The molecule has 3 heterocycles. The Hall–Kier alpha value is -2.87. The second-order valence-electron chi connectivity index (χ2n) is 7.02. The van der Waals surface area contributed by atoms with E-state index in [9.17, 15) is 0 Å². The summed E-state index contributed by atoms with van der Waals surface area (Å²) in [5.41, 5.74) is 2.41. The molecule has 28 heavy (non-hydrogen) atoms. The number of nitrogens with one attached hydrogen (secondary N) is 3. The number of benzene rings is 1. The second-order valence-corrected chi connectivity index (χ2v) is 7.02. The molecule has 0 bridgehead atoms. The summed E-state index contributed by atoms with van der Waals surface area (Å²) in [5, 5.41) is 9.38. The Balaban J connectivity index is 1.75. The van der Waals surface area contributed by atoms with E-state index in [1.54, 1.807) is 13.1 Å². The van der Waals surface area contributed by atoms with E-state index in [0.717, 1.165) is 24.1 Å². The third kappa shape index (κ3) is 3.60. The Morgan fingerprint density at radius 1 is 1.25 bits per heavy atom. The number of aromatic nitrogens is 2. The first kappa shape index (κ1) is 18.5. The van der Waals surface area contributed by atoms with Gasteiger partial charge in [-0.1, -0.05) is 6.08 Å². The minimum absolute atomic E-state index is 0.0814. The fourth-order valence-corrected chi connectivity index (χ4v) is 3.46.